The fourth-order valence-electron chi connectivity index (χ4n) is 2.66. The third-order valence-corrected chi connectivity index (χ3v) is 3.94. The van der Waals surface area contributed by atoms with E-state index >= 15 is 0 Å². The molecule has 3 heteroatoms. The van der Waals surface area contributed by atoms with E-state index in [1.54, 1.807) is 6.20 Å². The predicted molar refractivity (Wildman–Crippen MR) is 76.7 cm³/mol. The van der Waals surface area contributed by atoms with E-state index in [4.69, 9.17) is 5.73 Å². The molecule has 0 radical (unpaired) electrons. The Bertz CT molecular complexity index is 579. The zero-order chi connectivity index (χ0) is 12.7. The first-order valence-corrected chi connectivity index (χ1v) is 6.51. The number of benzene rings is 1. The van der Waals surface area contributed by atoms with Crippen LogP contribution in [0.25, 0.3) is 10.9 Å². The second-order valence-electron chi connectivity index (χ2n) is 5.43. The van der Waals surface area contributed by atoms with Crippen molar-refractivity contribution >= 4 is 22.3 Å². The number of hydrogen-bond acceptors (Lipinski definition) is 3. The molecule has 0 spiro atoms. The summed E-state index contributed by atoms with van der Waals surface area (Å²) in [6, 6.07) is 8.19. The van der Waals surface area contributed by atoms with Gasteiger partial charge in [0.1, 0.15) is 0 Å². The maximum atomic E-state index is 6.11. The Morgan fingerprint density at radius 2 is 2.11 bits per heavy atom. The average Bonchev–Trinajstić information content (AvgIpc) is 3.04. The van der Waals surface area contributed by atoms with Gasteiger partial charge in [-0.15, -0.1) is 0 Å². The summed E-state index contributed by atoms with van der Waals surface area (Å²) in [4.78, 5) is 6.67. The Morgan fingerprint density at radius 1 is 1.39 bits per heavy atom. The van der Waals surface area contributed by atoms with E-state index < -0.39 is 0 Å². The number of para-hydroxylation sites is 1. The molecule has 0 bridgehead atoms. The van der Waals surface area contributed by atoms with Gasteiger partial charge in [-0.25, -0.2) is 0 Å². The van der Waals surface area contributed by atoms with Gasteiger partial charge in [0, 0.05) is 19.0 Å². The first-order chi connectivity index (χ1) is 8.66. The topological polar surface area (TPSA) is 42.1 Å². The molecule has 1 aromatic heterocycles. The zero-order valence-corrected chi connectivity index (χ0v) is 10.9. The molecule has 0 amide bonds. The molecular formula is C15H19N3. The molecular weight excluding hydrogens is 222 g/mol. The molecule has 94 valence electrons. The summed E-state index contributed by atoms with van der Waals surface area (Å²) in [5, 5.41) is 1.15. The van der Waals surface area contributed by atoms with Crippen molar-refractivity contribution in [2.75, 3.05) is 24.2 Å². The Balaban J connectivity index is 2.01. The van der Waals surface area contributed by atoms with Gasteiger partial charge < -0.3 is 10.6 Å². The van der Waals surface area contributed by atoms with Gasteiger partial charge in [0.25, 0.3) is 0 Å². The molecule has 1 aliphatic carbocycles. The monoisotopic (exact) mass is 241 g/mol. The number of pyridine rings is 1. The fraction of sp³-hybridized carbons (Fsp3) is 0.400. The molecule has 1 saturated carbocycles. The smallest absolute Gasteiger partial charge is 0.0745 e. The highest BCUT2D eigenvalue weighted by atomic mass is 15.1. The van der Waals surface area contributed by atoms with Crippen molar-refractivity contribution in [3.05, 3.63) is 30.5 Å². The van der Waals surface area contributed by atoms with Crippen molar-refractivity contribution in [3.8, 4) is 0 Å². The first-order valence-electron chi connectivity index (χ1n) is 6.51. The largest absolute Gasteiger partial charge is 0.396 e. The summed E-state index contributed by atoms with van der Waals surface area (Å²) in [7, 11) is 2.13. The summed E-state index contributed by atoms with van der Waals surface area (Å²) >= 11 is 0. The lowest BCUT2D eigenvalue weighted by Crippen LogP contribution is -2.22. The van der Waals surface area contributed by atoms with Gasteiger partial charge in [-0.3, -0.25) is 4.98 Å². The summed E-state index contributed by atoms with van der Waals surface area (Å²) in [5.41, 5.74) is 9.02. The second kappa shape index (κ2) is 4.16. The predicted octanol–water partition coefficient (Wildman–Crippen LogP) is 2.91. The lowest BCUT2D eigenvalue weighted by atomic mass is 10.1. The van der Waals surface area contributed by atoms with Crippen molar-refractivity contribution < 1.29 is 0 Å². The highest BCUT2D eigenvalue weighted by molar-refractivity contribution is 5.97. The quantitative estimate of drug-likeness (QED) is 0.898. The van der Waals surface area contributed by atoms with Crippen molar-refractivity contribution in [3.63, 3.8) is 0 Å². The first kappa shape index (κ1) is 11.3. The molecule has 2 atom stereocenters. The molecule has 0 saturated heterocycles. The molecule has 1 fully saturated rings. The molecule has 2 N–H and O–H groups in total. The van der Waals surface area contributed by atoms with Crippen LogP contribution in [0.1, 0.15) is 13.3 Å². The number of rotatable bonds is 3. The van der Waals surface area contributed by atoms with E-state index in [2.05, 4.69) is 29.9 Å². The molecule has 1 heterocycles. The fourth-order valence-corrected chi connectivity index (χ4v) is 2.66. The highest BCUT2D eigenvalue weighted by Crippen LogP contribution is 2.40. The van der Waals surface area contributed by atoms with Crippen LogP contribution in [0.5, 0.6) is 0 Å². The van der Waals surface area contributed by atoms with Gasteiger partial charge in [-0.1, -0.05) is 25.1 Å². The van der Waals surface area contributed by atoms with Gasteiger partial charge in [-0.2, -0.15) is 0 Å². The zero-order valence-electron chi connectivity index (χ0n) is 10.9. The summed E-state index contributed by atoms with van der Waals surface area (Å²) in [6.07, 6.45) is 3.11. The average molecular weight is 241 g/mol. The highest BCUT2D eigenvalue weighted by Gasteiger charge is 2.33. The minimum absolute atomic E-state index is 0.768. The Labute approximate surface area is 108 Å². The molecule has 3 nitrogen and oxygen atoms in total. The van der Waals surface area contributed by atoms with Crippen LogP contribution < -0.4 is 10.6 Å². The molecule has 2 unspecified atom stereocenters. The number of aromatic nitrogens is 1. The standard InChI is InChI=1S/C15H19N3/c1-10-7-11(10)9-18(2)15-12-5-3-4-6-14(12)17-8-13(15)16/h3-6,8,10-11H,7,9,16H2,1-2H3. The van der Waals surface area contributed by atoms with Crippen molar-refractivity contribution in [2.24, 2.45) is 11.8 Å². The summed E-state index contributed by atoms with van der Waals surface area (Å²) in [6.45, 7) is 3.39. The molecule has 1 aliphatic rings. The van der Waals surface area contributed by atoms with Gasteiger partial charge in [-0.05, 0) is 24.3 Å². The molecule has 18 heavy (non-hydrogen) atoms. The molecule has 0 aliphatic heterocycles. The molecule has 1 aromatic carbocycles. The lowest BCUT2D eigenvalue weighted by Gasteiger charge is -2.22. The van der Waals surface area contributed by atoms with Crippen LogP contribution in [0.3, 0.4) is 0 Å². The third kappa shape index (κ3) is 1.90. The van der Waals surface area contributed by atoms with Crippen molar-refractivity contribution in [2.45, 2.75) is 13.3 Å². The number of nitrogens with two attached hydrogens (primary N) is 1. The maximum absolute atomic E-state index is 6.11. The number of nitrogens with zero attached hydrogens (tertiary/aromatic N) is 2. The van der Waals surface area contributed by atoms with Crippen LogP contribution in [0.4, 0.5) is 11.4 Å². The van der Waals surface area contributed by atoms with Crippen LogP contribution in [0, 0.1) is 11.8 Å². The van der Waals surface area contributed by atoms with Gasteiger partial charge in [0.15, 0.2) is 0 Å². The minimum atomic E-state index is 0.768. The SMILES string of the molecule is CC1CC1CN(C)c1c(N)cnc2ccccc12. The number of nitrogen functional groups attached to an aromatic ring is 1. The number of fused-ring (bicyclic) bond motifs is 1. The van der Waals surface area contributed by atoms with E-state index in [0.29, 0.717) is 0 Å². The van der Waals surface area contributed by atoms with E-state index in [0.717, 1.165) is 40.7 Å². The van der Waals surface area contributed by atoms with Crippen LogP contribution >= 0.6 is 0 Å². The van der Waals surface area contributed by atoms with Gasteiger partial charge >= 0.3 is 0 Å². The van der Waals surface area contributed by atoms with Gasteiger partial charge in [0.2, 0.25) is 0 Å². The molecule has 3 rings (SSSR count). The van der Waals surface area contributed by atoms with Crippen LogP contribution in [0.2, 0.25) is 0 Å². The lowest BCUT2D eigenvalue weighted by molar-refractivity contribution is 0.727. The number of anilines is 2. The van der Waals surface area contributed by atoms with Crippen LogP contribution in [-0.4, -0.2) is 18.6 Å². The number of hydrogen-bond donors (Lipinski definition) is 1. The van der Waals surface area contributed by atoms with E-state index in [1.165, 1.54) is 6.42 Å². The Morgan fingerprint density at radius 3 is 2.83 bits per heavy atom. The van der Waals surface area contributed by atoms with Crippen molar-refractivity contribution in [1.29, 1.82) is 0 Å². The van der Waals surface area contributed by atoms with Crippen LogP contribution in [-0.2, 0) is 0 Å². The summed E-state index contributed by atoms with van der Waals surface area (Å²) in [5.74, 6) is 1.68. The van der Waals surface area contributed by atoms with E-state index in [-0.39, 0.29) is 0 Å². The van der Waals surface area contributed by atoms with E-state index in [1.807, 2.05) is 18.2 Å². The normalized spacial score (nSPS) is 22.1. The van der Waals surface area contributed by atoms with Crippen molar-refractivity contribution in [1.82, 2.24) is 4.98 Å². The molecule has 2 aromatic rings. The van der Waals surface area contributed by atoms with Gasteiger partial charge in [0.05, 0.1) is 23.1 Å². The Kier molecular flexibility index (Phi) is 2.62. The van der Waals surface area contributed by atoms with Crippen LogP contribution in [0.15, 0.2) is 30.5 Å². The Hall–Kier alpha value is -1.77. The second-order valence-corrected chi connectivity index (χ2v) is 5.43. The minimum Gasteiger partial charge on any atom is -0.396 e. The van der Waals surface area contributed by atoms with E-state index in [9.17, 15) is 0 Å². The third-order valence-electron chi connectivity index (χ3n) is 3.94. The maximum Gasteiger partial charge on any atom is 0.0745 e. The summed E-state index contributed by atoms with van der Waals surface area (Å²) < 4.78 is 0.